The van der Waals surface area contributed by atoms with Crippen molar-refractivity contribution in [2.24, 2.45) is 5.92 Å². The minimum Gasteiger partial charge on any atom is -0.370 e. The molecular formula is C17H24O2. The molecule has 1 aromatic rings. The molecule has 1 aromatic carbocycles. The summed E-state index contributed by atoms with van der Waals surface area (Å²) in [6.07, 6.45) is 4.49. The summed E-state index contributed by atoms with van der Waals surface area (Å²) in [6, 6.07) is 10.1. The summed E-state index contributed by atoms with van der Waals surface area (Å²) in [6.45, 7) is 7.73. The predicted octanol–water partition coefficient (Wildman–Crippen LogP) is 4.32. The Morgan fingerprint density at radius 3 is 2.42 bits per heavy atom. The van der Waals surface area contributed by atoms with Crippen LogP contribution in [-0.4, -0.2) is 11.9 Å². The number of Topliss-reactive ketones (excluding diaryl/α,β-unsaturated/α-hetero) is 1. The number of carbonyl (C=O) groups excluding carboxylic acids is 1. The van der Waals surface area contributed by atoms with Gasteiger partial charge in [0.25, 0.3) is 0 Å². The molecule has 19 heavy (non-hydrogen) atoms. The first-order valence-corrected chi connectivity index (χ1v) is 6.87. The van der Waals surface area contributed by atoms with Crippen LogP contribution in [0.3, 0.4) is 0 Å². The van der Waals surface area contributed by atoms with Crippen molar-refractivity contribution in [1.29, 1.82) is 0 Å². The van der Waals surface area contributed by atoms with Gasteiger partial charge in [-0.1, -0.05) is 49.4 Å². The fourth-order valence-corrected chi connectivity index (χ4v) is 2.13. The third kappa shape index (κ3) is 5.39. The minimum atomic E-state index is -0.0658. The molecule has 0 aliphatic rings. The largest absolute Gasteiger partial charge is 0.370 e. The monoisotopic (exact) mass is 260 g/mol. The average molecular weight is 260 g/mol. The zero-order valence-electron chi connectivity index (χ0n) is 12.3. The van der Waals surface area contributed by atoms with Gasteiger partial charge in [0.1, 0.15) is 5.78 Å². The second-order valence-electron chi connectivity index (χ2n) is 5.02. The van der Waals surface area contributed by atoms with Crippen LogP contribution >= 0.6 is 0 Å². The van der Waals surface area contributed by atoms with Crippen LogP contribution in [0, 0.1) is 5.92 Å². The molecule has 0 saturated carbocycles. The number of carbonyl (C=O) groups is 1. The number of benzene rings is 1. The third-order valence-electron chi connectivity index (χ3n) is 3.22. The van der Waals surface area contributed by atoms with Gasteiger partial charge in [0, 0.05) is 12.3 Å². The standard InChI is InChI=1S/C17H24O2/c1-5-9-13(2)17(12-14(3)18)19-15(4)16-10-7-6-8-11-16/h5-11,13,15,17H,12H2,1-4H3/b9-5+/t13-,15+,17+/m1/s1. The van der Waals surface area contributed by atoms with Crippen LogP contribution in [0.15, 0.2) is 42.5 Å². The molecule has 0 N–H and O–H groups in total. The lowest BCUT2D eigenvalue weighted by molar-refractivity contribution is -0.122. The van der Waals surface area contributed by atoms with E-state index in [1.807, 2.05) is 38.1 Å². The molecule has 0 unspecified atom stereocenters. The third-order valence-corrected chi connectivity index (χ3v) is 3.22. The topological polar surface area (TPSA) is 26.3 Å². The van der Waals surface area contributed by atoms with Crippen LogP contribution in [0.4, 0.5) is 0 Å². The molecule has 3 atom stereocenters. The molecule has 0 spiro atoms. The van der Waals surface area contributed by atoms with E-state index < -0.39 is 0 Å². The Balaban J connectivity index is 2.74. The highest BCUT2D eigenvalue weighted by molar-refractivity contribution is 5.76. The maximum absolute atomic E-state index is 11.4. The smallest absolute Gasteiger partial charge is 0.132 e. The molecule has 0 aromatic heterocycles. The number of rotatable bonds is 7. The Labute approximate surface area is 116 Å². The van der Waals surface area contributed by atoms with Crippen molar-refractivity contribution < 1.29 is 9.53 Å². The number of ether oxygens (including phenoxy) is 1. The van der Waals surface area contributed by atoms with Crippen LogP contribution in [0.25, 0.3) is 0 Å². The van der Waals surface area contributed by atoms with Crippen molar-refractivity contribution in [1.82, 2.24) is 0 Å². The summed E-state index contributed by atoms with van der Waals surface area (Å²) in [5, 5.41) is 0. The van der Waals surface area contributed by atoms with Gasteiger partial charge < -0.3 is 4.74 Å². The molecule has 0 bridgehead atoms. The summed E-state index contributed by atoms with van der Waals surface area (Å²) in [4.78, 5) is 11.4. The molecule has 104 valence electrons. The van der Waals surface area contributed by atoms with E-state index in [0.717, 1.165) is 5.56 Å². The highest BCUT2D eigenvalue weighted by Gasteiger charge is 2.21. The number of allylic oxidation sites excluding steroid dienone is 1. The molecule has 0 fully saturated rings. The van der Waals surface area contributed by atoms with E-state index in [9.17, 15) is 4.79 Å². The van der Waals surface area contributed by atoms with E-state index >= 15 is 0 Å². The second kappa shape index (κ2) is 7.90. The first kappa shape index (κ1) is 15.6. The van der Waals surface area contributed by atoms with Crippen molar-refractivity contribution in [3.8, 4) is 0 Å². The molecule has 0 saturated heterocycles. The molecule has 2 nitrogen and oxygen atoms in total. The van der Waals surface area contributed by atoms with Gasteiger partial charge in [-0.05, 0) is 26.3 Å². The number of ketones is 1. The normalized spacial score (nSPS) is 16.2. The van der Waals surface area contributed by atoms with Crippen LogP contribution in [-0.2, 0) is 9.53 Å². The fourth-order valence-electron chi connectivity index (χ4n) is 2.13. The van der Waals surface area contributed by atoms with E-state index in [4.69, 9.17) is 4.74 Å². The lowest BCUT2D eigenvalue weighted by Gasteiger charge is -2.25. The summed E-state index contributed by atoms with van der Waals surface area (Å²) >= 11 is 0. The summed E-state index contributed by atoms with van der Waals surface area (Å²) in [5.74, 6) is 0.404. The van der Waals surface area contributed by atoms with Crippen molar-refractivity contribution >= 4 is 5.78 Å². The predicted molar refractivity (Wildman–Crippen MR) is 79.0 cm³/mol. The van der Waals surface area contributed by atoms with Gasteiger partial charge in [-0.2, -0.15) is 0 Å². The Kier molecular flexibility index (Phi) is 6.51. The van der Waals surface area contributed by atoms with Crippen molar-refractivity contribution in [2.45, 2.75) is 46.3 Å². The zero-order chi connectivity index (χ0) is 14.3. The first-order valence-electron chi connectivity index (χ1n) is 6.87. The lowest BCUT2D eigenvalue weighted by atomic mass is 9.99. The van der Waals surface area contributed by atoms with Crippen molar-refractivity contribution in [3.05, 3.63) is 48.0 Å². The van der Waals surface area contributed by atoms with E-state index in [0.29, 0.717) is 6.42 Å². The van der Waals surface area contributed by atoms with Gasteiger partial charge in [-0.15, -0.1) is 0 Å². The quantitative estimate of drug-likeness (QED) is 0.682. The van der Waals surface area contributed by atoms with Crippen LogP contribution in [0.1, 0.15) is 45.8 Å². The van der Waals surface area contributed by atoms with Crippen molar-refractivity contribution in [2.75, 3.05) is 0 Å². The second-order valence-corrected chi connectivity index (χ2v) is 5.02. The molecule has 0 aliphatic carbocycles. The molecule has 2 heteroatoms. The van der Waals surface area contributed by atoms with Crippen LogP contribution in [0.2, 0.25) is 0 Å². The Hall–Kier alpha value is -1.41. The summed E-state index contributed by atoms with van der Waals surface area (Å²) in [5.41, 5.74) is 1.14. The Morgan fingerprint density at radius 2 is 1.89 bits per heavy atom. The summed E-state index contributed by atoms with van der Waals surface area (Å²) in [7, 11) is 0. The zero-order valence-corrected chi connectivity index (χ0v) is 12.3. The fraction of sp³-hybridized carbons (Fsp3) is 0.471. The van der Waals surface area contributed by atoms with E-state index in [2.05, 4.69) is 25.1 Å². The molecule has 0 heterocycles. The highest BCUT2D eigenvalue weighted by atomic mass is 16.5. The van der Waals surface area contributed by atoms with Gasteiger partial charge in [0.15, 0.2) is 0 Å². The van der Waals surface area contributed by atoms with Gasteiger partial charge >= 0.3 is 0 Å². The van der Waals surface area contributed by atoms with Gasteiger partial charge in [0.2, 0.25) is 0 Å². The van der Waals surface area contributed by atoms with Gasteiger partial charge in [0.05, 0.1) is 12.2 Å². The van der Waals surface area contributed by atoms with Gasteiger partial charge in [-0.25, -0.2) is 0 Å². The van der Waals surface area contributed by atoms with E-state index in [-0.39, 0.29) is 23.9 Å². The van der Waals surface area contributed by atoms with Gasteiger partial charge in [-0.3, -0.25) is 4.79 Å². The number of hydrogen-bond acceptors (Lipinski definition) is 2. The average Bonchev–Trinajstić information content (AvgIpc) is 2.38. The molecule has 0 amide bonds. The van der Waals surface area contributed by atoms with E-state index in [1.54, 1.807) is 6.92 Å². The number of hydrogen-bond donors (Lipinski definition) is 0. The maximum atomic E-state index is 11.4. The minimum absolute atomic E-state index is 0.00161. The summed E-state index contributed by atoms with van der Waals surface area (Å²) < 4.78 is 6.09. The van der Waals surface area contributed by atoms with E-state index in [1.165, 1.54) is 0 Å². The Bertz CT molecular complexity index is 409. The maximum Gasteiger partial charge on any atom is 0.132 e. The lowest BCUT2D eigenvalue weighted by Crippen LogP contribution is -2.24. The molecule has 1 rings (SSSR count). The molecular weight excluding hydrogens is 236 g/mol. The highest BCUT2D eigenvalue weighted by Crippen LogP contribution is 2.23. The SMILES string of the molecule is C/C=C/[C@@H](C)[C@H](CC(C)=O)O[C@@H](C)c1ccccc1. The Morgan fingerprint density at radius 1 is 1.26 bits per heavy atom. The van der Waals surface area contributed by atoms with Crippen LogP contribution in [0.5, 0.6) is 0 Å². The van der Waals surface area contributed by atoms with Crippen molar-refractivity contribution in [3.63, 3.8) is 0 Å². The molecule has 0 aliphatic heterocycles. The van der Waals surface area contributed by atoms with Crippen LogP contribution < -0.4 is 0 Å². The first-order chi connectivity index (χ1) is 9.04. The molecule has 0 radical (unpaired) electrons.